The summed E-state index contributed by atoms with van der Waals surface area (Å²) in [5.74, 6) is 0.924. The second-order valence-electron chi connectivity index (χ2n) is 10.7. The topological polar surface area (TPSA) is 66.4 Å². The Morgan fingerprint density at radius 3 is 2.65 bits per heavy atom. The Labute approximate surface area is 221 Å². The highest BCUT2D eigenvalue weighted by Gasteiger charge is 2.34. The number of nitrogens with one attached hydrogen (secondary N) is 1. The van der Waals surface area contributed by atoms with Crippen LogP contribution in [0, 0.1) is 0 Å². The fourth-order valence-corrected chi connectivity index (χ4v) is 6.56. The molecule has 0 spiro atoms. The molecule has 0 amide bonds. The molecular weight excluding hydrogens is 484 g/mol. The number of hydrogen-bond acceptors (Lipinski definition) is 7. The number of anilines is 1. The van der Waals surface area contributed by atoms with Crippen molar-refractivity contribution in [3.05, 3.63) is 53.7 Å². The number of nitrogens with zero attached hydrogens (tertiary/aromatic N) is 5. The van der Waals surface area contributed by atoms with Crippen LogP contribution < -0.4 is 15.0 Å². The van der Waals surface area contributed by atoms with Gasteiger partial charge in [-0.25, -0.2) is 0 Å². The Morgan fingerprint density at radius 2 is 1.86 bits per heavy atom. The van der Waals surface area contributed by atoms with Crippen LogP contribution in [-0.4, -0.2) is 71.3 Å². The van der Waals surface area contributed by atoms with E-state index in [-0.39, 0.29) is 0 Å². The van der Waals surface area contributed by atoms with Crippen molar-refractivity contribution in [3.8, 4) is 17.3 Å². The Kier molecular flexibility index (Phi) is 5.87. The van der Waals surface area contributed by atoms with E-state index in [0.29, 0.717) is 30.7 Å². The third-order valence-electron chi connectivity index (χ3n) is 8.26. The maximum Gasteiger partial charge on any atom is 0.319 e. The Morgan fingerprint density at radius 1 is 1.05 bits per heavy atom. The Bertz CT molecular complexity index is 1460. The molecule has 0 radical (unpaired) electrons. The standard InChI is InChI=1S/C29H31ClN6O/c1-35-12-4-7-21(35)17-37-29-33-26-13-25(22-8-2-5-18-6-3-9-24(30)27(18)22)31-14-23(26)28(34-29)36-15-19-10-11-20(16-36)32-19/h2-3,5-6,8-9,13-14,19-21,32H,4,7,10-12,15-17H2,1H3/t19-,20+,21-/m0/s1. The molecular formula is C29H31ClN6O. The molecule has 7 nitrogen and oxygen atoms in total. The number of rotatable bonds is 5. The number of ether oxygens (including phenoxy) is 1. The fourth-order valence-electron chi connectivity index (χ4n) is 6.28. The highest BCUT2D eigenvalue weighted by atomic mass is 35.5. The van der Waals surface area contributed by atoms with Gasteiger partial charge in [-0.2, -0.15) is 9.97 Å². The first-order valence-corrected chi connectivity index (χ1v) is 13.7. The number of likely N-dealkylation sites (N-methyl/N-ethyl adjacent to an activating group) is 1. The minimum atomic E-state index is 0.406. The van der Waals surface area contributed by atoms with E-state index < -0.39 is 0 Å². The summed E-state index contributed by atoms with van der Waals surface area (Å²) in [6.07, 6.45) is 6.71. The van der Waals surface area contributed by atoms with Crippen molar-refractivity contribution >= 4 is 39.1 Å². The molecule has 190 valence electrons. The zero-order valence-electron chi connectivity index (χ0n) is 21.0. The van der Waals surface area contributed by atoms with Crippen LogP contribution in [0.1, 0.15) is 25.7 Å². The minimum absolute atomic E-state index is 0.406. The summed E-state index contributed by atoms with van der Waals surface area (Å²) >= 11 is 6.64. The largest absolute Gasteiger partial charge is 0.462 e. The van der Waals surface area contributed by atoms with Gasteiger partial charge < -0.3 is 19.9 Å². The van der Waals surface area contributed by atoms with Crippen LogP contribution in [0.25, 0.3) is 32.9 Å². The van der Waals surface area contributed by atoms with Crippen molar-refractivity contribution in [3.63, 3.8) is 0 Å². The summed E-state index contributed by atoms with van der Waals surface area (Å²) in [6, 6.07) is 16.1. The number of benzene rings is 2. The molecule has 0 unspecified atom stereocenters. The third-order valence-corrected chi connectivity index (χ3v) is 8.58. The number of halogens is 1. The summed E-state index contributed by atoms with van der Waals surface area (Å²) in [6.45, 7) is 3.59. The molecule has 37 heavy (non-hydrogen) atoms. The van der Waals surface area contributed by atoms with Crippen molar-refractivity contribution in [1.82, 2.24) is 25.2 Å². The van der Waals surface area contributed by atoms with Gasteiger partial charge in [0, 0.05) is 53.4 Å². The first kappa shape index (κ1) is 23.1. The number of aromatic nitrogens is 3. The van der Waals surface area contributed by atoms with Crippen LogP contribution in [0.2, 0.25) is 5.02 Å². The van der Waals surface area contributed by atoms with Crippen LogP contribution in [-0.2, 0) is 0 Å². The quantitative estimate of drug-likeness (QED) is 0.406. The van der Waals surface area contributed by atoms with Gasteiger partial charge in [-0.3, -0.25) is 4.98 Å². The average Bonchev–Trinajstić information content (AvgIpc) is 3.49. The molecule has 3 atom stereocenters. The molecule has 3 aliphatic rings. The molecule has 2 aromatic heterocycles. The number of piperazine rings is 1. The lowest BCUT2D eigenvalue weighted by Gasteiger charge is -2.34. The molecule has 5 heterocycles. The van der Waals surface area contributed by atoms with Crippen molar-refractivity contribution in [2.75, 3.05) is 38.2 Å². The van der Waals surface area contributed by atoms with Crippen LogP contribution in [0.15, 0.2) is 48.7 Å². The van der Waals surface area contributed by atoms with Crippen LogP contribution in [0.5, 0.6) is 6.01 Å². The van der Waals surface area contributed by atoms with E-state index in [4.69, 9.17) is 31.3 Å². The van der Waals surface area contributed by atoms with Crippen LogP contribution >= 0.6 is 11.6 Å². The second kappa shape index (κ2) is 9.39. The van der Waals surface area contributed by atoms with Gasteiger partial charge in [0.05, 0.1) is 16.6 Å². The Balaban J connectivity index is 1.32. The third kappa shape index (κ3) is 4.29. The van der Waals surface area contributed by atoms with Gasteiger partial charge in [-0.1, -0.05) is 41.9 Å². The summed E-state index contributed by atoms with van der Waals surface area (Å²) in [5, 5.41) is 7.50. The van der Waals surface area contributed by atoms with Gasteiger partial charge >= 0.3 is 6.01 Å². The normalized spacial score (nSPS) is 23.8. The number of fused-ring (bicyclic) bond motifs is 4. The molecule has 7 rings (SSSR count). The highest BCUT2D eigenvalue weighted by Crippen LogP contribution is 2.36. The zero-order valence-corrected chi connectivity index (χ0v) is 21.8. The number of likely N-dealkylation sites (tertiary alicyclic amines) is 1. The van der Waals surface area contributed by atoms with Gasteiger partial charge in [0.25, 0.3) is 0 Å². The molecule has 8 heteroatoms. The van der Waals surface area contributed by atoms with Gasteiger partial charge in [-0.15, -0.1) is 0 Å². The lowest BCUT2D eigenvalue weighted by molar-refractivity contribution is 0.188. The predicted molar refractivity (Wildman–Crippen MR) is 149 cm³/mol. The molecule has 4 aromatic rings. The summed E-state index contributed by atoms with van der Waals surface area (Å²) < 4.78 is 6.26. The van der Waals surface area contributed by atoms with E-state index in [2.05, 4.69) is 52.5 Å². The fraction of sp³-hybridized carbons (Fsp3) is 0.414. The summed E-state index contributed by atoms with van der Waals surface area (Å²) in [5.41, 5.74) is 2.69. The van der Waals surface area contributed by atoms with E-state index in [9.17, 15) is 0 Å². The molecule has 1 N–H and O–H groups in total. The molecule has 0 aliphatic carbocycles. The summed E-state index contributed by atoms with van der Waals surface area (Å²) in [4.78, 5) is 19.5. The smallest absolute Gasteiger partial charge is 0.319 e. The lowest BCUT2D eigenvalue weighted by atomic mass is 10.0. The Hall–Kier alpha value is -3.00. The van der Waals surface area contributed by atoms with Gasteiger partial charge in [0.2, 0.25) is 0 Å². The molecule has 3 saturated heterocycles. The van der Waals surface area contributed by atoms with E-state index in [0.717, 1.165) is 69.8 Å². The lowest BCUT2D eigenvalue weighted by Crippen LogP contribution is -2.51. The zero-order chi connectivity index (χ0) is 24.9. The maximum absolute atomic E-state index is 6.64. The first-order valence-electron chi connectivity index (χ1n) is 13.3. The maximum atomic E-state index is 6.64. The minimum Gasteiger partial charge on any atom is -0.462 e. The molecule has 3 aliphatic heterocycles. The van der Waals surface area contributed by atoms with E-state index in [1.807, 2.05) is 18.3 Å². The molecule has 2 bridgehead atoms. The monoisotopic (exact) mass is 514 g/mol. The van der Waals surface area contributed by atoms with Gasteiger partial charge in [0.15, 0.2) is 0 Å². The van der Waals surface area contributed by atoms with Crippen molar-refractivity contribution < 1.29 is 4.74 Å². The van der Waals surface area contributed by atoms with Crippen molar-refractivity contribution in [2.24, 2.45) is 0 Å². The van der Waals surface area contributed by atoms with Gasteiger partial charge in [-0.05, 0) is 56.8 Å². The second-order valence-corrected chi connectivity index (χ2v) is 11.1. The van der Waals surface area contributed by atoms with Crippen LogP contribution in [0.4, 0.5) is 5.82 Å². The number of hydrogen-bond donors (Lipinski definition) is 1. The van der Waals surface area contributed by atoms with Gasteiger partial charge in [0.1, 0.15) is 12.4 Å². The summed E-state index contributed by atoms with van der Waals surface area (Å²) in [7, 11) is 2.16. The SMILES string of the molecule is CN1CCC[C@H]1COc1nc(N2C[C@H]3CC[C@@H](C2)N3)c2cnc(-c3cccc4cccc(Cl)c34)cc2n1. The highest BCUT2D eigenvalue weighted by molar-refractivity contribution is 6.36. The van der Waals surface area contributed by atoms with E-state index in [1.165, 1.54) is 19.3 Å². The van der Waals surface area contributed by atoms with Crippen molar-refractivity contribution in [1.29, 1.82) is 0 Å². The number of pyridine rings is 1. The first-order chi connectivity index (χ1) is 18.1. The van der Waals surface area contributed by atoms with E-state index in [1.54, 1.807) is 0 Å². The molecule has 3 fully saturated rings. The average molecular weight is 515 g/mol. The van der Waals surface area contributed by atoms with Crippen molar-refractivity contribution in [2.45, 2.75) is 43.8 Å². The molecule has 0 saturated carbocycles. The molecule has 2 aromatic carbocycles. The predicted octanol–water partition coefficient (Wildman–Crippen LogP) is 4.91. The van der Waals surface area contributed by atoms with Crippen LogP contribution in [0.3, 0.4) is 0 Å². The van der Waals surface area contributed by atoms with E-state index >= 15 is 0 Å².